The van der Waals surface area contributed by atoms with E-state index in [1.54, 1.807) is 17.9 Å². The number of nitrogens with one attached hydrogen (secondary N) is 1. The highest BCUT2D eigenvalue weighted by Gasteiger charge is 2.46. The van der Waals surface area contributed by atoms with E-state index in [9.17, 15) is 14.7 Å². The first-order chi connectivity index (χ1) is 18.7. The number of phenolic OH excluding ortho intramolecular Hbond substituents is 1. The maximum atomic E-state index is 14.5. The molecule has 0 radical (unpaired) electrons. The van der Waals surface area contributed by atoms with Crippen molar-refractivity contribution in [1.29, 1.82) is 0 Å². The monoisotopic (exact) mass is 526 g/mol. The summed E-state index contributed by atoms with van der Waals surface area (Å²) in [5, 5.41) is 13.6. The van der Waals surface area contributed by atoms with Crippen LogP contribution in [0.2, 0.25) is 0 Å². The summed E-state index contributed by atoms with van der Waals surface area (Å²) >= 11 is 0. The third kappa shape index (κ3) is 5.70. The molecule has 2 amide bonds. The zero-order chi connectivity index (χ0) is 28.2. The fourth-order valence-corrected chi connectivity index (χ4v) is 5.24. The van der Waals surface area contributed by atoms with Crippen LogP contribution in [0.1, 0.15) is 54.0 Å². The van der Waals surface area contributed by atoms with E-state index in [2.05, 4.69) is 11.9 Å². The summed E-state index contributed by atoms with van der Waals surface area (Å²) < 4.78 is 6.54. The highest BCUT2D eigenvalue weighted by Crippen LogP contribution is 2.44. The number of amides is 2. The van der Waals surface area contributed by atoms with Crippen molar-refractivity contribution in [3.05, 3.63) is 101 Å². The maximum absolute atomic E-state index is 14.5. The molecule has 2 unspecified atom stereocenters. The van der Waals surface area contributed by atoms with Crippen LogP contribution in [0.5, 0.6) is 11.5 Å². The fourth-order valence-electron chi connectivity index (χ4n) is 5.24. The number of hydrogen-bond acceptors (Lipinski definition) is 4. The zero-order valence-corrected chi connectivity index (χ0v) is 23.3. The number of phenols is 1. The van der Waals surface area contributed by atoms with Crippen LogP contribution in [0.3, 0.4) is 0 Å². The van der Waals surface area contributed by atoms with Gasteiger partial charge in [-0.25, -0.2) is 0 Å². The van der Waals surface area contributed by atoms with Gasteiger partial charge in [-0.05, 0) is 81.3 Å². The summed E-state index contributed by atoms with van der Waals surface area (Å²) in [4.78, 5) is 29.8. The molecule has 6 heteroatoms. The summed E-state index contributed by atoms with van der Waals surface area (Å²) in [6.45, 7) is 11.7. The summed E-state index contributed by atoms with van der Waals surface area (Å²) in [6.07, 6.45) is 3.75. The minimum atomic E-state index is -1.20. The van der Waals surface area contributed by atoms with Gasteiger partial charge in [0, 0.05) is 24.2 Å². The Labute approximate surface area is 231 Å². The number of benzene rings is 3. The van der Waals surface area contributed by atoms with E-state index >= 15 is 0 Å². The van der Waals surface area contributed by atoms with Crippen molar-refractivity contribution in [3.63, 3.8) is 0 Å². The Morgan fingerprint density at radius 2 is 1.69 bits per heavy atom. The Kier molecular flexibility index (Phi) is 8.44. The van der Waals surface area contributed by atoms with Crippen LogP contribution in [0, 0.1) is 20.8 Å². The van der Waals surface area contributed by atoms with Crippen molar-refractivity contribution in [3.8, 4) is 11.5 Å². The quantitative estimate of drug-likeness (QED) is 0.331. The van der Waals surface area contributed by atoms with Gasteiger partial charge in [0.1, 0.15) is 17.5 Å². The molecule has 6 nitrogen and oxygen atoms in total. The predicted octanol–water partition coefficient (Wildman–Crippen LogP) is 6.09. The van der Waals surface area contributed by atoms with Gasteiger partial charge in [-0.1, -0.05) is 54.6 Å². The van der Waals surface area contributed by atoms with Crippen molar-refractivity contribution in [1.82, 2.24) is 5.32 Å². The first-order valence-corrected chi connectivity index (χ1v) is 13.5. The number of para-hydroxylation sites is 1. The minimum Gasteiger partial charge on any atom is -0.507 e. The molecule has 0 aromatic heterocycles. The molecule has 0 fully saturated rings. The summed E-state index contributed by atoms with van der Waals surface area (Å²) in [6, 6.07) is 18.3. The second-order valence-electron chi connectivity index (χ2n) is 10.5. The van der Waals surface area contributed by atoms with Gasteiger partial charge in [0.15, 0.2) is 5.60 Å². The van der Waals surface area contributed by atoms with Crippen molar-refractivity contribution >= 4 is 17.5 Å². The predicted molar refractivity (Wildman–Crippen MR) is 155 cm³/mol. The number of fused-ring (bicyclic) bond motifs is 1. The molecule has 0 spiro atoms. The molecule has 2 atom stereocenters. The number of anilines is 1. The van der Waals surface area contributed by atoms with Crippen molar-refractivity contribution in [2.45, 2.75) is 71.6 Å². The van der Waals surface area contributed by atoms with Gasteiger partial charge < -0.3 is 15.2 Å². The van der Waals surface area contributed by atoms with Crippen LogP contribution in [-0.2, 0) is 22.6 Å². The Bertz CT molecular complexity index is 1350. The van der Waals surface area contributed by atoms with Crippen LogP contribution in [0.25, 0.3) is 0 Å². The van der Waals surface area contributed by atoms with Gasteiger partial charge in [0.25, 0.3) is 5.91 Å². The van der Waals surface area contributed by atoms with E-state index in [0.717, 1.165) is 27.8 Å². The van der Waals surface area contributed by atoms with E-state index in [-0.39, 0.29) is 17.6 Å². The number of aromatic hydroxyl groups is 1. The molecule has 1 aliphatic rings. The highest BCUT2D eigenvalue weighted by molar-refractivity contribution is 6.05. The van der Waals surface area contributed by atoms with Crippen LogP contribution < -0.4 is 15.0 Å². The average Bonchev–Trinajstić information content (AvgIpc) is 2.96. The molecule has 0 aliphatic carbocycles. The number of hydrogen-bond donors (Lipinski definition) is 2. The van der Waals surface area contributed by atoms with Crippen LogP contribution in [0.4, 0.5) is 5.69 Å². The van der Waals surface area contributed by atoms with Crippen molar-refractivity contribution in [2.24, 2.45) is 0 Å². The van der Waals surface area contributed by atoms with E-state index in [0.29, 0.717) is 43.7 Å². The molecular formula is C33H38N2O4. The molecule has 0 saturated heterocycles. The third-order valence-corrected chi connectivity index (χ3v) is 7.79. The SMILES string of the molecule is C=CCCC(C(=O)NCc1ccccc1)N(C(=O)C1(C)CCc2c(C)c(O)c(C)c(C)c2O1)c1ccccc1. The first-order valence-electron chi connectivity index (χ1n) is 13.5. The Balaban J connectivity index is 1.71. The van der Waals surface area contributed by atoms with Gasteiger partial charge in [0.05, 0.1) is 0 Å². The molecule has 0 saturated carbocycles. The lowest BCUT2D eigenvalue weighted by molar-refractivity contribution is -0.136. The van der Waals surface area contributed by atoms with Crippen LogP contribution in [0.15, 0.2) is 73.3 Å². The molecule has 1 heterocycles. The van der Waals surface area contributed by atoms with E-state index in [1.807, 2.05) is 81.4 Å². The van der Waals surface area contributed by atoms with E-state index < -0.39 is 11.6 Å². The summed E-state index contributed by atoms with van der Waals surface area (Å²) in [7, 11) is 0. The molecule has 3 aromatic rings. The average molecular weight is 527 g/mol. The lowest BCUT2D eigenvalue weighted by atomic mass is 9.86. The zero-order valence-electron chi connectivity index (χ0n) is 23.3. The lowest BCUT2D eigenvalue weighted by Crippen LogP contribution is -2.59. The fraction of sp³-hybridized carbons (Fsp3) is 0.333. The standard InChI is InChI=1S/C33H38N2O4/c1-6-7-18-28(31(37)34-21-25-14-10-8-11-15-25)35(26-16-12-9-13-17-26)32(38)33(5)20-19-27-24(4)29(36)22(2)23(3)30(27)39-33/h6,8-17,28,36H,1,7,18-21H2,2-5H3,(H,34,37). The molecule has 0 bridgehead atoms. The molecule has 3 aromatic carbocycles. The van der Waals surface area contributed by atoms with Crippen molar-refractivity contribution < 1.29 is 19.4 Å². The van der Waals surface area contributed by atoms with Gasteiger partial charge in [-0.3, -0.25) is 14.5 Å². The number of allylic oxidation sites excluding steroid dienone is 1. The second-order valence-corrected chi connectivity index (χ2v) is 10.5. The molecular weight excluding hydrogens is 488 g/mol. The van der Waals surface area contributed by atoms with Gasteiger partial charge in [-0.15, -0.1) is 6.58 Å². The minimum absolute atomic E-state index is 0.231. The van der Waals surface area contributed by atoms with E-state index in [4.69, 9.17) is 4.74 Å². The topological polar surface area (TPSA) is 78.9 Å². The summed E-state index contributed by atoms with van der Waals surface area (Å²) in [5.74, 6) is 0.418. The van der Waals surface area contributed by atoms with Crippen LogP contribution >= 0.6 is 0 Å². The smallest absolute Gasteiger partial charge is 0.271 e. The number of carbonyl (C=O) groups is 2. The van der Waals surface area contributed by atoms with Crippen molar-refractivity contribution in [2.75, 3.05) is 4.90 Å². The number of rotatable bonds is 9. The third-order valence-electron chi connectivity index (χ3n) is 7.79. The maximum Gasteiger partial charge on any atom is 0.271 e. The number of carbonyl (C=O) groups excluding carboxylic acids is 2. The summed E-state index contributed by atoms with van der Waals surface area (Å²) in [5.41, 5.74) is 3.69. The van der Waals surface area contributed by atoms with Gasteiger partial charge in [0.2, 0.25) is 5.91 Å². The lowest BCUT2D eigenvalue weighted by Gasteiger charge is -2.41. The Morgan fingerprint density at radius 1 is 1.05 bits per heavy atom. The Hall–Kier alpha value is -4.06. The molecule has 204 valence electrons. The van der Waals surface area contributed by atoms with E-state index in [1.165, 1.54) is 0 Å². The number of nitrogens with zero attached hydrogens (tertiary/aromatic N) is 1. The molecule has 39 heavy (non-hydrogen) atoms. The van der Waals surface area contributed by atoms with Crippen LogP contribution in [-0.4, -0.2) is 28.6 Å². The molecule has 1 aliphatic heterocycles. The highest BCUT2D eigenvalue weighted by atomic mass is 16.5. The van der Waals surface area contributed by atoms with Gasteiger partial charge >= 0.3 is 0 Å². The Morgan fingerprint density at radius 3 is 2.33 bits per heavy atom. The second kappa shape index (κ2) is 11.8. The first kappa shape index (κ1) is 28.0. The number of ether oxygens (including phenoxy) is 1. The molecule has 4 rings (SSSR count). The largest absolute Gasteiger partial charge is 0.507 e. The van der Waals surface area contributed by atoms with Gasteiger partial charge in [-0.2, -0.15) is 0 Å². The normalized spacial score (nSPS) is 16.9. The molecule has 2 N–H and O–H groups in total.